The van der Waals surface area contributed by atoms with E-state index in [1.807, 2.05) is 0 Å². The average Bonchev–Trinajstić information content (AvgIpc) is 3.64. The van der Waals surface area contributed by atoms with Gasteiger partial charge in [-0.25, -0.2) is 9.59 Å². The van der Waals surface area contributed by atoms with Crippen LogP contribution in [0.15, 0.2) is 23.5 Å². The van der Waals surface area contributed by atoms with Gasteiger partial charge in [0.05, 0.1) is 12.1 Å². The van der Waals surface area contributed by atoms with Crippen molar-refractivity contribution in [1.29, 1.82) is 0 Å². The molecule has 0 aliphatic carbocycles. The topological polar surface area (TPSA) is 58.6 Å². The van der Waals surface area contributed by atoms with E-state index in [9.17, 15) is 9.59 Å². The van der Waals surface area contributed by atoms with E-state index in [-0.39, 0.29) is 23.0 Å². The van der Waals surface area contributed by atoms with Crippen LogP contribution in [-0.4, -0.2) is 47.3 Å². The molecule has 32 heavy (non-hydrogen) atoms. The van der Waals surface area contributed by atoms with Gasteiger partial charge in [-0.3, -0.25) is 9.80 Å². The normalized spacial score (nSPS) is 28.9. The minimum Gasteiger partial charge on any atom is -0.448 e. The monoisotopic (exact) mass is 446 g/mol. The maximum atomic E-state index is 11.5. The first kappa shape index (κ1) is 24.7. The van der Waals surface area contributed by atoms with E-state index in [0.717, 1.165) is 12.8 Å². The molecule has 0 saturated carbocycles. The third-order valence-corrected chi connectivity index (χ3v) is 6.83. The molecule has 4 aliphatic heterocycles. The molecule has 180 valence electrons. The van der Waals surface area contributed by atoms with Crippen LogP contribution in [0.3, 0.4) is 0 Å². The highest BCUT2D eigenvalue weighted by Crippen LogP contribution is 2.50. The zero-order valence-corrected chi connectivity index (χ0v) is 20.9. The highest BCUT2D eigenvalue weighted by molar-refractivity contribution is 5.78. The highest BCUT2D eigenvalue weighted by Gasteiger charge is 2.59. The molecule has 6 nitrogen and oxygen atoms in total. The van der Waals surface area contributed by atoms with Crippen LogP contribution in [0, 0.1) is 10.8 Å². The zero-order valence-electron chi connectivity index (χ0n) is 20.9. The van der Waals surface area contributed by atoms with Crippen LogP contribution in [0.1, 0.15) is 92.9 Å². The number of hydrogen-bond donors (Lipinski definition) is 0. The number of hydrogen-bond acceptors (Lipinski definition) is 4. The van der Waals surface area contributed by atoms with Crippen LogP contribution in [-0.2, 0) is 9.47 Å². The fourth-order valence-corrected chi connectivity index (χ4v) is 4.84. The standard InChI is InChI=1S/2C13H21NO2/c2*1-4-5-6-7-8-10-11-13(2,3)9-16-12(15)14(10)11/h2*8,11H,4-7,9H2,1-3H3/b10-8+;10-8-. The number of allylic oxidation sites excluding steroid dienone is 2. The van der Waals surface area contributed by atoms with Gasteiger partial charge in [0, 0.05) is 22.2 Å². The smallest absolute Gasteiger partial charge is 0.414 e. The summed E-state index contributed by atoms with van der Waals surface area (Å²) in [6.45, 7) is 14.1. The number of fused-ring (bicyclic) bond motifs is 2. The van der Waals surface area contributed by atoms with E-state index < -0.39 is 0 Å². The molecular weight excluding hydrogens is 404 g/mol. The van der Waals surface area contributed by atoms with Crippen LogP contribution >= 0.6 is 0 Å². The minimum atomic E-state index is -0.161. The SMILES string of the molecule is CCCCC/C=C1/C2N1C(=O)OCC2(C)C.CCCCC/C=C1\C2N1C(=O)OCC2(C)C. The Morgan fingerprint density at radius 3 is 1.44 bits per heavy atom. The fraction of sp³-hybridized carbons (Fsp3) is 0.769. The molecule has 2 amide bonds. The molecule has 0 aromatic heterocycles. The molecular formula is C26H42N2O4. The Bertz CT molecular complexity index is 704. The summed E-state index contributed by atoms with van der Waals surface area (Å²) in [6, 6.07) is 0.603. The second kappa shape index (κ2) is 9.88. The first-order valence-corrected chi connectivity index (χ1v) is 12.5. The molecule has 4 saturated heterocycles. The number of amides is 2. The summed E-state index contributed by atoms with van der Waals surface area (Å²) in [6.07, 6.45) is 13.7. The van der Waals surface area contributed by atoms with Crippen molar-refractivity contribution in [3.63, 3.8) is 0 Å². The van der Waals surface area contributed by atoms with Crippen molar-refractivity contribution in [3.05, 3.63) is 23.5 Å². The fourth-order valence-electron chi connectivity index (χ4n) is 4.84. The molecule has 4 fully saturated rings. The summed E-state index contributed by atoms with van der Waals surface area (Å²) in [7, 11) is 0. The second-order valence-electron chi connectivity index (χ2n) is 10.9. The van der Waals surface area contributed by atoms with Gasteiger partial charge >= 0.3 is 12.2 Å². The Kier molecular flexibility index (Phi) is 7.61. The summed E-state index contributed by atoms with van der Waals surface area (Å²) >= 11 is 0. The molecule has 0 spiro atoms. The quantitative estimate of drug-likeness (QED) is 0.310. The van der Waals surface area contributed by atoms with Gasteiger partial charge in [0.2, 0.25) is 0 Å². The van der Waals surface area contributed by atoms with Crippen molar-refractivity contribution in [2.24, 2.45) is 10.8 Å². The summed E-state index contributed by atoms with van der Waals surface area (Å²) < 4.78 is 10.3. The van der Waals surface area contributed by atoms with Crippen LogP contribution in [0.5, 0.6) is 0 Å². The van der Waals surface area contributed by atoms with Gasteiger partial charge in [0.25, 0.3) is 0 Å². The lowest BCUT2D eigenvalue weighted by Crippen LogP contribution is -2.37. The average molecular weight is 447 g/mol. The van der Waals surface area contributed by atoms with Gasteiger partial charge in [-0.05, 0) is 25.7 Å². The number of rotatable bonds is 8. The van der Waals surface area contributed by atoms with E-state index in [0.29, 0.717) is 25.3 Å². The molecule has 0 aromatic carbocycles. The van der Waals surface area contributed by atoms with Gasteiger partial charge in [-0.15, -0.1) is 0 Å². The number of carbonyl (C=O) groups is 2. The lowest BCUT2D eigenvalue weighted by Gasteiger charge is -2.27. The molecule has 2 atom stereocenters. The number of unbranched alkanes of at least 4 members (excludes halogenated alkanes) is 6. The lowest BCUT2D eigenvalue weighted by molar-refractivity contribution is 0.0494. The van der Waals surface area contributed by atoms with Gasteiger partial charge in [-0.1, -0.05) is 79.4 Å². The van der Waals surface area contributed by atoms with Crippen LogP contribution < -0.4 is 0 Å². The van der Waals surface area contributed by atoms with Crippen molar-refractivity contribution in [1.82, 2.24) is 9.80 Å². The molecule has 4 aliphatic rings. The largest absolute Gasteiger partial charge is 0.448 e. The molecule has 4 heterocycles. The Hall–Kier alpha value is -1.98. The predicted molar refractivity (Wildman–Crippen MR) is 126 cm³/mol. The van der Waals surface area contributed by atoms with E-state index >= 15 is 0 Å². The van der Waals surface area contributed by atoms with Crippen molar-refractivity contribution in [2.45, 2.75) is 105 Å². The molecule has 0 bridgehead atoms. The Balaban J connectivity index is 0.000000181. The van der Waals surface area contributed by atoms with E-state index in [4.69, 9.17) is 9.47 Å². The maximum Gasteiger partial charge on any atom is 0.414 e. The predicted octanol–water partition coefficient (Wildman–Crippen LogP) is 6.62. The highest BCUT2D eigenvalue weighted by atomic mass is 16.6. The van der Waals surface area contributed by atoms with Crippen molar-refractivity contribution in [3.8, 4) is 0 Å². The molecule has 0 aromatic rings. The minimum absolute atomic E-state index is 0.0739. The molecule has 4 rings (SSSR count). The maximum absolute atomic E-state index is 11.5. The third-order valence-electron chi connectivity index (χ3n) is 6.83. The molecule has 0 N–H and O–H groups in total. The Labute approximate surface area is 194 Å². The molecule has 2 unspecified atom stereocenters. The Morgan fingerprint density at radius 1 is 0.750 bits per heavy atom. The van der Waals surface area contributed by atoms with Crippen LogP contribution in [0.4, 0.5) is 9.59 Å². The van der Waals surface area contributed by atoms with Gasteiger partial charge < -0.3 is 9.47 Å². The van der Waals surface area contributed by atoms with Crippen LogP contribution in [0.25, 0.3) is 0 Å². The van der Waals surface area contributed by atoms with E-state index in [1.165, 1.54) is 49.9 Å². The van der Waals surface area contributed by atoms with Gasteiger partial charge in [0.1, 0.15) is 13.2 Å². The van der Waals surface area contributed by atoms with Gasteiger partial charge in [0.15, 0.2) is 0 Å². The number of cyclic esters (lactones) is 2. The molecule has 6 heteroatoms. The van der Waals surface area contributed by atoms with Crippen LogP contribution in [0.2, 0.25) is 0 Å². The summed E-state index contributed by atoms with van der Waals surface area (Å²) in [4.78, 5) is 26.6. The molecule has 0 radical (unpaired) electrons. The Morgan fingerprint density at radius 2 is 1.12 bits per heavy atom. The zero-order chi connectivity index (χ0) is 23.5. The first-order valence-electron chi connectivity index (χ1n) is 12.5. The first-order chi connectivity index (χ1) is 15.2. The second-order valence-corrected chi connectivity index (χ2v) is 10.9. The summed E-state index contributed by atoms with van der Waals surface area (Å²) in [5.41, 5.74) is 2.52. The lowest BCUT2D eigenvalue weighted by atomic mass is 9.88. The van der Waals surface area contributed by atoms with E-state index in [1.54, 1.807) is 9.80 Å². The summed E-state index contributed by atoms with van der Waals surface area (Å²) in [5.74, 6) is 0. The van der Waals surface area contributed by atoms with E-state index in [2.05, 4.69) is 53.7 Å². The number of ether oxygens (including phenoxy) is 2. The number of nitrogens with zero attached hydrogens (tertiary/aromatic N) is 2. The van der Waals surface area contributed by atoms with Crippen molar-refractivity contribution >= 4 is 12.2 Å². The van der Waals surface area contributed by atoms with Gasteiger partial charge in [-0.2, -0.15) is 0 Å². The third kappa shape index (κ3) is 5.32. The number of carbonyl (C=O) groups excluding carboxylic acids is 2. The van der Waals surface area contributed by atoms with Crippen molar-refractivity contribution < 1.29 is 19.1 Å². The van der Waals surface area contributed by atoms with Crippen molar-refractivity contribution in [2.75, 3.05) is 13.2 Å². The summed E-state index contributed by atoms with van der Waals surface area (Å²) in [5, 5.41) is 0.